The van der Waals surface area contributed by atoms with Crippen molar-refractivity contribution in [1.82, 2.24) is 0 Å². The van der Waals surface area contributed by atoms with Gasteiger partial charge in [0, 0.05) is 19.3 Å². The van der Waals surface area contributed by atoms with Crippen LogP contribution in [0.5, 0.6) is 0 Å². The highest BCUT2D eigenvalue weighted by Gasteiger charge is 2.19. The molecule has 0 saturated heterocycles. The highest BCUT2D eigenvalue weighted by Crippen LogP contribution is 2.15. The quantitative estimate of drug-likeness (QED) is 0.0261. The van der Waals surface area contributed by atoms with Crippen molar-refractivity contribution >= 4 is 17.9 Å². The fourth-order valence-corrected chi connectivity index (χ4v) is 8.04. The molecule has 0 aliphatic heterocycles. The standard InChI is InChI=1S/C66H110O6/c1-4-7-10-13-16-19-21-23-25-27-29-31-32-33-34-36-37-39-41-43-45-47-50-53-56-59-65(68)71-62-63(61-70-64(67)58-55-52-49-18-15-12-9-6-3)72-66(69)60-57-54-51-48-46-44-42-40-38-35-30-28-26-24-22-20-17-14-11-8-5-2/h8,11,17,20-21,23-24,26-27,29-30,32-33,35,40,42,46,48,63H,4-7,9-10,12-16,18-19,22,25,28,31,34,36-39,41,43-45,47,49-62H2,1-3H3/b11-8-,20-17-,23-21-,26-24-,29-27-,33-32-,35-30-,42-40-,48-46-. The predicted octanol–water partition coefficient (Wildman–Crippen LogP) is 20.3. The average Bonchev–Trinajstić information content (AvgIpc) is 3.38. The third-order valence-electron chi connectivity index (χ3n) is 12.5. The zero-order chi connectivity index (χ0) is 52.2. The Bertz CT molecular complexity index is 1470. The van der Waals surface area contributed by atoms with E-state index in [1.165, 1.54) is 122 Å². The van der Waals surface area contributed by atoms with Gasteiger partial charge in [-0.15, -0.1) is 0 Å². The van der Waals surface area contributed by atoms with Gasteiger partial charge in [-0.25, -0.2) is 0 Å². The molecule has 72 heavy (non-hydrogen) atoms. The number of carbonyl (C=O) groups excluding carboxylic acids is 3. The van der Waals surface area contributed by atoms with E-state index >= 15 is 0 Å². The Hall–Kier alpha value is -3.93. The molecule has 6 heteroatoms. The minimum Gasteiger partial charge on any atom is -0.462 e. The van der Waals surface area contributed by atoms with Crippen molar-refractivity contribution in [2.75, 3.05) is 13.2 Å². The largest absolute Gasteiger partial charge is 0.462 e. The number of carbonyl (C=O) groups is 3. The van der Waals surface area contributed by atoms with Crippen molar-refractivity contribution in [3.05, 3.63) is 109 Å². The SMILES string of the molecule is CC/C=C\C/C=C\C/C=C\C/C=C\C/C=C\C/C=C\CCCCC(=O)OC(COC(=O)CCCCCCCCCC)COC(=O)CCCCCCCCCCCC/C=C\C/C=C\C/C=C\CCCCCCC. The normalized spacial score (nSPS) is 12.9. The number of rotatable bonds is 53. The molecule has 0 amide bonds. The molecule has 0 aliphatic rings. The van der Waals surface area contributed by atoms with Crippen molar-refractivity contribution in [3.63, 3.8) is 0 Å². The zero-order valence-electron chi connectivity index (χ0n) is 46.9. The number of hydrogen-bond donors (Lipinski definition) is 0. The van der Waals surface area contributed by atoms with Crippen molar-refractivity contribution in [2.45, 2.75) is 277 Å². The first-order chi connectivity index (χ1) is 35.5. The summed E-state index contributed by atoms with van der Waals surface area (Å²) in [6.07, 6.45) is 81.0. The smallest absolute Gasteiger partial charge is 0.306 e. The molecule has 1 unspecified atom stereocenters. The van der Waals surface area contributed by atoms with Gasteiger partial charge in [0.05, 0.1) is 0 Å². The van der Waals surface area contributed by atoms with Crippen LogP contribution in [-0.2, 0) is 28.6 Å². The Morgan fingerprint density at radius 1 is 0.292 bits per heavy atom. The molecule has 0 N–H and O–H groups in total. The molecule has 410 valence electrons. The lowest BCUT2D eigenvalue weighted by molar-refractivity contribution is -0.167. The van der Waals surface area contributed by atoms with Crippen LogP contribution in [0.1, 0.15) is 271 Å². The van der Waals surface area contributed by atoms with E-state index in [9.17, 15) is 14.4 Å². The van der Waals surface area contributed by atoms with Gasteiger partial charge in [-0.05, 0) is 109 Å². The topological polar surface area (TPSA) is 78.9 Å². The summed E-state index contributed by atoms with van der Waals surface area (Å²) >= 11 is 0. The van der Waals surface area contributed by atoms with E-state index in [4.69, 9.17) is 14.2 Å². The third kappa shape index (κ3) is 57.0. The van der Waals surface area contributed by atoms with Crippen LogP contribution in [0.2, 0.25) is 0 Å². The van der Waals surface area contributed by atoms with Gasteiger partial charge in [0.25, 0.3) is 0 Å². The van der Waals surface area contributed by atoms with Crippen molar-refractivity contribution < 1.29 is 28.6 Å². The summed E-state index contributed by atoms with van der Waals surface area (Å²) in [5.41, 5.74) is 0. The maximum atomic E-state index is 12.8. The summed E-state index contributed by atoms with van der Waals surface area (Å²) in [7, 11) is 0. The van der Waals surface area contributed by atoms with Crippen LogP contribution in [0, 0.1) is 0 Å². The Balaban J connectivity index is 4.30. The second kappa shape index (κ2) is 59.6. The molecule has 0 saturated carbocycles. The Morgan fingerprint density at radius 2 is 0.542 bits per heavy atom. The van der Waals surface area contributed by atoms with Crippen LogP contribution >= 0.6 is 0 Å². The van der Waals surface area contributed by atoms with E-state index < -0.39 is 6.10 Å². The molecule has 0 heterocycles. The fraction of sp³-hybridized carbons (Fsp3) is 0.682. The van der Waals surface area contributed by atoms with Crippen LogP contribution in [0.4, 0.5) is 0 Å². The summed E-state index contributed by atoms with van der Waals surface area (Å²) in [6.45, 7) is 6.45. The molecule has 0 aromatic rings. The van der Waals surface area contributed by atoms with Crippen LogP contribution < -0.4 is 0 Å². The fourth-order valence-electron chi connectivity index (χ4n) is 8.04. The number of allylic oxidation sites excluding steroid dienone is 18. The van der Waals surface area contributed by atoms with Crippen LogP contribution in [0.15, 0.2) is 109 Å². The third-order valence-corrected chi connectivity index (χ3v) is 12.5. The maximum Gasteiger partial charge on any atom is 0.306 e. The summed E-state index contributed by atoms with van der Waals surface area (Å²) in [4.78, 5) is 38.0. The van der Waals surface area contributed by atoms with Gasteiger partial charge in [0.15, 0.2) is 6.10 Å². The highest BCUT2D eigenvalue weighted by molar-refractivity contribution is 5.71. The van der Waals surface area contributed by atoms with E-state index in [0.29, 0.717) is 19.3 Å². The van der Waals surface area contributed by atoms with Gasteiger partial charge in [0.2, 0.25) is 0 Å². The van der Waals surface area contributed by atoms with Gasteiger partial charge in [-0.3, -0.25) is 14.4 Å². The molecule has 0 aliphatic carbocycles. The molecule has 0 rings (SSSR count). The molecule has 0 spiro atoms. The molecule has 0 fully saturated rings. The molecule has 0 aromatic heterocycles. The van der Waals surface area contributed by atoms with Gasteiger partial charge in [-0.1, -0.05) is 252 Å². The Kier molecular flexibility index (Phi) is 56.4. The maximum absolute atomic E-state index is 12.8. The van der Waals surface area contributed by atoms with Crippen LogP contribution in [-0.4, -0.2) is 37.2 Å². The highest BCUT2D eigenvalue weighted by atomic mass is 16.6. The molecule has 0 radical (unpaired) electrons. The van der Waals surface area contributed by atoms with Gasteiger partial charge < -0.3 is 14.2 Å². The van der Waals surface area contributed by atoms with Crippen molar-refractivity contribution in [3.8, 4) is 0 Å². The first kappa shape index (κ1) is 68.1. The van der Waals surface area contributed by atoms with Crippen molar-refractivity contribution in [2.24, 2.45) is 0 Å². The first-order valence-electron chi connectivity index (χ1n) is 29.9. The second-order valence-electron chi connectivity index (χ2n) is 19.5. The summed E-state index contributed by atoms with van der Waals surface area (Å²) in [5.74, 6) is -0.948. The number of hydrogen-bond acceptors (Lipinski definition) is 6. The van der Waals surface area contributed by atoms with Crippen LogP contribution in [0.25, 0.3) is 0 Å². The lowest BCUT2D eigenvalue weighted by Gasteiger charge is -2.18. The van der Waals surface area contributed by atoms with E-state index in [0.717, 1.165) is 103 Å². The monoisotopic (exact) mass is 999 g/mol. The minimum absolute atomic E-state index is 0.0971. The van der Waals surface area contributed by atoms with E-state index in [2.05, 4.69) is 130 Å². The van der Waals surface area contributed by atoms with E-state index in [-0.39, 0.29) is 37.5 Å². The molecule has 0 aromatic carbocycles. The van der Waals surface area contributed by atoms with E-state index in [1.54, 1.807) is 0 Å². The van der Waals surface area contributed by atoms with Gasteiger partial charge in [0.1, 0.15) is 13.2 Å². The van der Waals surface area contributed by atoms with Crippen LogP contribution in [0.3, 0.4) is 0 Å². The Morgan fingerprint density at radius 3 is 0.875 bits per heavy atom. The molecular weight excluding hydrogens is 889 g/mol. The van der Waals surface area contributed by atoms with E-state index in [1.807, 2.05) is 0 Å². The molecule has 6 nitrogen and oxygen atoms in total. The number of unbranched alkanes of at least 4 members (excludes halogenated alkanes) is 24. The molecule has 0 bridgehead atoms. The van der Waals surface area contributed by atoms with Gasteiger partial charge in [-0.2, -0.15) is 0 Å². The van der Waals surface area contributed by atoms with Crippen molar-refractivity contribution in [1.29, 1.82) is 0 Å². The average molecular weight is 1000 g/mol. The summed E-state index contributed by atoms with van der Waals surface area (Å²) < 4.78 is 16.8. The van der Waals surface area contributed by atoms with Gasteiger partial charge >= 0.3 is 17.9 Å². The first-order valence-corrected chi connectivity index (χ1v) is 29.9. The molecular formula is C66H110O6. The minimum atomic E-state index is -0.802. The summed E-state index contributed by atoms with van der Waals surface area (Å²) in [6, 6.07) is 0. The summed E-state index contributed by atoms with van der Waals surface area (Å²) in [5, 5.41) is 0. The second-order valence-corrected chi connectivity index (χ2v) is 19.5. The predicted molar refractivity (Wildman–Crippen MR) is 311 cm³/mol. The Labute approximate surface area is 444 Å². The number of esters is 3. The zero-order valence-corrected chi connectivity index (χ0v) is 46.9. The lowest BCUT2D eigenvalue weighted by Crippen LogP contribution is -2.30. The lowest BCUT2D eigenvalue weighted by atomic mass is 10.1. The molecule has 1 atom stereocenters. The number of ether oxygens (including phenoxy) is 3.